The molecular formula is C19H39S. The SMILES string of the molecule is CCCCCCCCCCCCCCCCC[CH]SC. The first kappa shape index (κ1) is 20.3. The molecule has 0 atom stereocenters. The summed E-state index contributed by atoms with van der Waals surface area (Å²) in [5, 5.41) is 0. The van der Waals surface area contributed by atoms with Crippen molar-refractivity contribution in [3.8, 4) is 0 Å². The Kier molecular flexibility index (Phi) is 19.7. The van der Waals surface area contributed by atoms with Crippen LogP contribution in [0.5, 0.6) is 0 Å². The van der Waals surface area contributed by atoms with E-state index < -0.39 is 0 Å². The fraction of sp³-hybridized carbons (Fsp3) is 0.947. The summed E-state index contributed by atoms with van der Waals surface area (Å²) in [6, 6.07) is 0. The third-order valence-electron chi connectivity index (χ3n) is 4.09. The number of thioether (sulfide) groups is 1. The van der Waals surface area contributed by atoms with E-state index in [1.807, 2.05) is 11.8 Å². The highest BCUT2D eigenvalue weighted by molar-refractivity contribution is 8.00. The van der Waals surface area contributed by atoms with Gasteiger partial charge in [-0.3, -0.25) is 0 Å². The Morgan fingerprint density at radius 3 is 1.25 bits per heavy atom. The van der Waals surface area contributed by atoms with Crippen LogP contribution in [0.3, 0.4) is 0 Å². The van der Waals surface area contributed by atoms with Crippen molar-refractivity contribution >= 4 is 11.8 Å². The molecular weight excluding hydrogens is 260 g/mol. The standard InChI is InChI=1S/C19H39S/c1-3-4-5-6-7-8-9-10-11-12-13-14-15-16-17-18-19-20-2/h19H,3-18H2,1-2H3. The number of hydrogen-bond acceptors (Lipinski definition) is 1. The van der Waals surface area contributed by atoms with Gasteiger partial charge in [-0.2, -0.15) is 11.8 Å². The summed E-state index contributed by atoms with van der Waals surface area (Å²) >= 11 is 1.86. The molecule has 1 heteroatoms. The lowest BCUT2D eigenvalue weighted by Crippen LogP contribution is -1.83. The summed E-state index contributed by atoms with van der Waals surface area (Å²) in [6.45, 7) is 2.29. The van der Waals surface area contributed by atoms with Crippen LogP contribution in [0.15, 0.2) is 0 Å². The van der Waals surface area contributed by atoms with Crippen LogP contribution in [0.2, 0.25) is 0 Å². The van der Waals surface area contributed by atoms with Crippen molar-refractivity contribution in [3.63, 3.8) is 0 Å². The van der Waals surface area contributed by atoms with Crippen molar-refractivity contribution in [2.75, 3.05) is 6.26 Å². The smallest absolute Gasteiger partial charge is 0.0163 e. The van der Waals surface area contributed by atoms with Gasteiger partial charge < -0.3 is 0 Å². The van der Waals surface area contributed by atoms with Crippen LogP contribution in [-0.2, 0) is 0 Å². The fourth-order valence-electron chi connectivity index (χ4n) is 2.72. The van der Waals surface area contributed by atoms with E-state index in [1.165, 1.54) is 103 Å². The summed E-state index contributed by atoms with van der Waals surface area (Å²) in [5.74, 6) is 2.34. The highest BCUT2D eigenvalue weighted by Crippen LogP contribution is 2.14. The average Bonchev–Trinajstić information content (AvgIpc) is 2.47. The second-order valence-electron chi connectivity index (χ2n) is 6.14. The minimum atomic E-state index is 1.30. The lowest BCUT2D eigenvalue weighted by molar-refractivity contribution is 0.532. The van der Waals surface area contributed by atoms with Crippen molar-refractivity contribution in [2.24, 2.45) is 0 Å². The predicted octanol–water partition coefficient (Wildman–Crippen LogP) is 7.77. The molecule has 0 spiro atoms. The van der Waals surface area contributed by atoms with Crippen molar-refractivity contribution < 1.29 is 0 Å². The molecule has 20 heavy (non-hydrogen) atoms. The molecule has 0 rings (SSSR count). The molecule has 0 saturated carbocycles. The van der Waals surface area contributed by atoms with Crippen LogP contribution < -0.4 is 0 Å². The Labute approximate surface area is 133 Å². The van der Waals surface area contributed by atoms with E-state index in [4.69, 9.17) is 0 Å². The highest BCUT2D eigenvalue weighted by atomic mass is 32.2. The summed E-state index contributed by atoms with van der Waals surface area (Å²) in [7, 11) is 0. The van der Waals surface area contributed by atoms with E-state index in [9.17, 15) is 0 Å². The Bertz CT molecular complexity index is 138. The van der Waals surface area contributed by atoms with Crippen LogP contribution >= 0.6 is 11.8 Å². The summed E-state index contributed by atoms with van der Waals surface area (Å²) in [5.41, 5.74) is 0. The molecule has 0 amide bonds. The zero-order valence-electron chi connectivity index (χ0n) is 14.3. The molecule has 0 nitrogen and oxygen atoms in total. The third-order valence-corrected chi connectivity index (χ3v) is 4.66. The zero-order chi connectivity index (χ0) is 14.7. The Balaban J connectivity index is 2.89. The molecule has 121 valence electrons. The molecule has 0 aromatic heterocycles. The van der Waals surface area contributed by atoms with Gasteiger partial charge in [-0.15, -0.1) is 0 Å². The average molecular weight is 300 g/mol. The van der Waals surface area contributed by atoms with Crippen LogP contribution in [0.25, 0.3) is 0 Å². The van der Waals surface area contributed by atoms with Gasteiger partial charge in [0.25, 0.3) is 0 Å². The third kappa shape index (κ3) is 18.4. The number of hydrogen-bond donors (Lipinski definition) is 0. The van der Waals surface area contributed by atoms with Crippen molar-refractivity contribution in [2.45, 2.75) is 110 Å². The Morgan fingerprint density at radius 2 is 0.900 bits per heavy atom. The quantitative estimate of drug-likeness (QED) is 0.247. The van der Waals surface area contributed by atoms with E-state index in [1.54, 1.807) is 0 Å². The van der Waals surface area contributed by atoms with Crippen LogP contribution in [0, 0.1) is 5.75 Å². The summed E-state index contributed by atoms with van der Waals surface area (Å²) < 4.78 is 0. The van der Waals surface area contributed by atoms with Gasteiger partial charge in [-0.05, 0) is 12.7 Å². The molecule has 0 fully saturated rings. The van der Waals surface area contributed by atoms with Crippen molar-refractivity contribution in [1.82, 2.24) is 0 Å². The lowest BCUT2D eigenvalue weighted by Gasteiger charge is -2.03. The van der Waals surface area contributed by atoms with Crippen molar-refractivity contribution in [1.29, 1.82) is 0 Å². The lowest BCUT2D eigenvalue weighted by atomic mass is 10.0. The number of unbranched alkanes of at least 4 members (excludes halogenated alkanes) is 15. The maximum absolute atomic E-state index is 2.34. The molecule has 0 aromatic carbocycles. The fourth-order valence-corrected chi connectivity index (χ4v) is 3.12. The van der Waals surface area contributed by atoms with Crippen LogP contribution in [-0.4, -0.2) is 6.26 Å². The number of rotatable bonds is 17. The van der Waals surface area contributed by atoms with E-state index in [0.29, 0.717) is 0 Å². The summed E-state index contributed by atoms with van der Waals surface area (Å²) in [4.78, 5) is 0. The van der Waals surface area contributed by atoms with Gasteiger partial charge in [0.05, 0.1) is 0 Å². The van der Waals surface area contributed by atoms with Gasteiger partial charge in [0, 0.05) is 5.75 Å². The second-order valence-corrected chi connectivity index (χ2v) is 6.95. The predicted molar refractivity (Wildman–Crippen MR) is 97.4 cm³/mol. The minimum absolute atomic E-state index is 1.30. The van der Waals surface area contributed by atoms with Gasteiger partial charge in [-0.25, -0.2) is 0 Å². The summed E-state index contributed by atoms with van der Waals surface area (Å²) in [6.07, 6.45) is 25.3. The monoisotopic (exact) mass is 299 g/mol. The molecule has 0 aliphatic rings. The topological polar surface area (TPSA) is 0 Å². The molecule has 0 heterocycles. The van der Waals surface area contributed by atoms with Crippen molar-refractivity contribution in [3.05, 3.63) is 5.75 Å². The molecule has 0 unspecified atom stereocenters. The normalized spacial score (nSPS) is 11.1. The highest BCUT2D eigenvalue weighted by Gasteiger charge is 1.94. The second kappa shape index (κ2) is 19.4. The van der Waals surface area contributed by atoms with Crippen LogP contribution in [0.4, 0.5) is 0 Å². The Morgan fingerprint density at radius 1 is 0.550 bits per heavy atom. The zero-order valence-corrected chi connectivity index (χ0v) is 15.1. The first-order valence-electron chi connectivity index (χ1n) is 9.26. The van der Waals surface area contributed by atoms with E-state index in [-0.39, 0.29) is 0 Å². The molecule has 1 radical (unpaired) electrons. The largest absolute Gasteiger partial charge is 0.161 e. The van der Waals surface area contributed by atoms with E-state index >= 15 is 0 Å². The molecule has 0 aromatic rings. The van der Waals surface area contributed by atoms with Gasteiger partial charge in [0.1, 0.15) is 0 Å². The van der Waals surface area contributed by atoms with Gasteiger partial charge in [0.2, 0.25) is 0 Å². The molecule has 0 aliphatic carbocycles. The van der Waals surface area contributed by atoms with Gasteiger partial charge >= 0.3 is 0 Å². The molecule has 0 bridgehead atoms. The van der Waals surface area contributed by atoms with E-state index in [2.05, 4.69) is 18.9 Å². The molecule has 0 saturated heterocycles. The maximum atomic E-state index is 2.34. The minimum Gasteiger partial charge on any atom is -0.161 e. The maximum Gasteiger partial charge on any atom is 0.0163 e. The molecule has 0 N–H and O–H groups in total. The van der Waals surface area contributed by atoms with Gasteiger partial charge in [-0.1, -0.05) is 103 Å². The Hall–Kier alpha value is 0.350. The first-order valence-corrected chi connectivity index (χ1v) is 10.5. The first-order chi connectivity index (χ1) is 9.91. The van der Waals surface area contributed by atoms with Crippen LogP contribution in [0.1, 0.15) is 110 Å². The molecule has 0 aliphatic heterocycles. The van der Waals surface area contributed by atoms with E-state index in [0.717, 1.165) is 0 Å². The van der Waals surface area contributed by atoms with Gasteiger partial charge in [0.15, 0.2) is 0 Å².